The largest absolute Gasteiger partial charge is 0.385 e. The lowest BCUT2D eigenvalue weighted by atomic mass is 10.1. The summed E-state index contributed by atoms with van der Waals surface area (Å²) in [7, 11) is 0. The van der Waals surface area contributed by atoms with Crippen LogP contribution in [0.2, 0.25) is 0 Å². The van der Waals surface area contributed by atoms with Crippen molar-refractivity contribution in [2.45, 2.75) is 32.2 Å². The van der Waals surface area contributed by atoms with Crippen molar-refractivity contribution in [2.75, 3.05) is 11.9 Å². The molecule has 0 radical (unpaired) electrons. The minimum Gasteiger partial charge on any atom is -0.385 e. The van der Waals surface area contributed by atoms with Crippen LogP contribution in [0, 0.1) is 0 Å². The SMILES string of the molecule is CCNc1ccc(CC(=O)NC2CC2)cc1. The predicted molar refractivity (Wildman–Crippen MR) is 65.5 cm³/mol. The molecule has 0 atom stereocenters. The van der Waals surface area contributed by atoms with Crippen LogP contribution in [0.3, 0.4) is 0 Å². The number of carbonyl (C=O) groups excluding carboxylic acids is 1. The van der Waals surface area contributed by atoms with Gasteiger partial charge in [-0.05, 0) is 37.5 Å². The van der Waals surface area contributed by atoms with E-state index in [0.29, 0.717) is 12.5 Å². The van der Waals surface area contributed by atoms with E-state index in [2.05, 4.69) is 17.6 Å². The van der Waals surface area contributed by atoms with E-state index in [1.165, 1.54) is 0 Å². The van der Waals surface area contributed by atoms with Crippen LogP contribution in [-0.2, 0) is 11.2 Å². The number of benzene rings is 1. The van der Waals surface area contributed by atoms with Gasteiger partial charge >= 0.3 is 0 Å². The molecule has 0 saturated heterocycles. The molecule has 86 valence electrons. The van der Waals surface area contributed by atoms with E-state index in [4.69, 9.17) is 0 Å². The highest BCUT2D eigenvalue weighted by molar-refractivity contribution is 5.79. The number of nitrogens with one attached hydrogen (secondary N) is 2. The first-order valence-corrected chi connectivity index (χ1v) is 5.90. The quantitative estimate of drug-likeness (QED) is 0.793. The van der Waals surface area contributed by atoms with Gasteiger partial charge in [0.2, 0.25) is 5.91 Å². The Morgan fingerprint density at radius 1 is 1.31 bits per heavy atom. The Labute approximate surface area is 96.2 Å². The fourth-order valence-electron chi connectivity index (χ4n) is 1.64. The van der Waals surface area contributed by atoms with Gasteiger partial charge in [-0.25, -0.2) is 0 Å². The van der Waals surface area contributed by atoms with Crippen molar-refractivity contribution in [1.29, 1.82) is 0 Å². The molecule has 0 aliphatic heterocycles. The van der Waals surface area contributed by atoms with E-state index in [0.717, 1.165) is 30.6 Å². The average molecular weight is 218 g/mol. The summed E-state index contributed by atoms with van der Waals surface area (Å²) >= 11 is 0. The molecular weight excluding hydrogens is 200 g/mol. The summed E-state index contributed by atoms with van der Waals surface area (Å²) in [5.74, 6) is 0.138. The minimum atomic E-state index is 0.138. The summed E-state index contributed by atoms with van der Waals surface area (Å²) in [6.07, 6.45) is 2.78. The molecule has 1 fully saturated rings. The highest BCUT2D eigenvalue weighted by atomic mass is 16.1. The summed E-state index contributed by atoms with van der Waals surface area (Å²) in [6, 6.07) is 8.50. The molecule has 1 aliphatic rings. The lowest BCUT2D eigenvalue weighted by Crippen LogP contribution is -2.26. The van der Waals surface area contributed by atoms with Gasteiger partial charge in [0.25, 0.3) is 0 Å². The second kappa shape index (κ2) is 5.01. The van der Waals surface area contributed by atoms with Crippen molar-refractivity contribution in [1.82, 2.24) is 5.32 Å². The van der Waals surface area contributed by atoms with Gasteiger partial charge in [-0.2, -0.15) is 0 Å². The third-order valence-electron chi connectivity index (χ3n) is 2.64. The number of hydrogen-bond donors (Lipinski definition) is 2. The maximum Gasteiger partial charge on any atom is 0.224 e. The van der Waals surface area contributed by atoms with Crippen molar-refractivity contribution in [3.63, 3.8) is 0 Å². The molecule has 0 aromatic heterocycles. The van der Waals surface area contributed by atoms with Crippen LogP contribution in [0.4, 0.5) is 5.69 Å². The molecule has 0 heterocycles. The van der Waals surface area contributed by atoms with Crippen LogP contribution in [0.25, 0.3) is 0 Å². The molecule has 0 spiro atoms. The first-order chi connectivity index (χ1) is 7.78. The van der Waals surface area contributed by atoms with Crippen LogP contribution >= 0.6 is 0 Å². The predicted octanol–water partition coefficient (Wildman–Crippen LogP) is 1.94. The molecule has 1 saturated carbocycles. The number of hydrogen-bond acceptors (Lipinski definition) is 2. The highest BCUT2D eigenvalue weighted by Crippen LogP contribution is 2.18. The second-order valence-corrected chi connectivity index (χ2v) is 4.25. The average Bonchev–Trinajstić information content (AvgIpc) is 3.05. The van der Waals surface area contributed by atoms with E-state index in [9.17, 15) is 4.79 Å². The topological polar surface area (TPSA) is 41.1 Å². The maximum absolute atomic E-state index is 11.5. The molecular formula is C13H18N2O. The standard InChI is InChI=1S/C13H18N2O/c1-2-14-11-5-3-10(4-6-11)9-13(16)15-12-7-8-12/h3-6,12,14H,2,7-9H2,1H3,(H,15,16). The zero-order valence-corrected chi connectivity index (χ0v) is 9.62. The molecule has 16 heavy (non-hydrogen) atoms. The van der Waals surface area contributed by atoms with Gasteiger partial charge in [0.05, 0.1) is 6.42 Å². The van der Waals surface area contributed by atoms with Crippen molar-refractivity contribution in [3.05, 3.63) is 29.8 Å². The molecule has 1 aliphatic carbocycles. The lowest BCUT2D eigenvalue weighted by Gasteiger charge is -2.05. The first kappa shape index (κ1) is 11.0. The Morgan fingerprint density at radius 3 is 2.56 bits per heavy atom. The Balaban J connectivity index is 1.85. The van der Waals surface area contributed by atoms with Crippen LogP contribution < -0.4 is 10.6 Å². The van der Waals surface area contributed by atoms with Gasteiger partial charge in [0.15, 0.2) is 0 Å². The van der Waals surface area contributed by atoms with Crippen molar-refractivity contribution in [2.24, 2.45) is 0 Å². The summed E-state index contributed by atoms with van der Waals surface area (Å²) < 4.78 is 0. The zero-order valence-electron chi connectivity index (χ0n) is 9.62. The molecule has 2 rings (SSSR count). The maximum atomic E-state index is 11.5. The monoisotopic (exact) mass is 218 g/mol. The van der Waals surface area contributed by atoms with E-state index in [1.54, 1.807) is 0 Å². The summed E-state index contributed by atoms with van der Waals surface area (Å²) in [5.41, 5.74) is 2.17. The molecule has 3 nitrogen and oxygen atoms in total. The molecule has 3 heteroatoms. The molecule has 1 aromatic carbocycles. The van der Waals surface area contributed by atoms with Crippen LogP contribution in [0.5, 0.6) is 0 Å². The fraction of sp³-hybridized carbons (Fsp3) is 0.462. The molecule has 1 amide bonds. The van der Waals surface area contributed by atoms with Crippen molar-refractivity contribution >= 4 is 11.6 Å². The summed E-state index contributed by atoms with van der Waals surface area (Å²) in [5, 5.41) is 6.22. The van der Waals surface area contributed by atoms with Crippen LogP contribution in [-0.4, -0.2) is 18.5 Å². The number of amides is 1. The van der Waals surface area contributed by atoms with Gasteiger partial charge in [-0.3, -0.25) is 4.79 Å². The number of anilines is 1. The van der Waals surface area contributed by atoms with E-state index < -0.39 is 0 Å². The van der Waals surface area contributed by atoms with Crippen LogP contribution in [0.1, 0.15) is 25.3 Å². The minimum absolute atomic E-state index is 0.138. The molecule has 1 aromatic rings. The third kappa shape index (κ3) is 3.26. The van der Waals surface area contributed by atoms with E-state index >= 15 is 0 Å². The Morgan fingerprint density at radius 2 is 2.00 bits per heavy atom. The van der Waals surface area contributed by atoms with Gasteiger partial charge in [0.1, 0.15) is 0 Å². The van der Waals surface area contributed by atoms with Crippen LogP contribution in [0.15, 0.2) is 24.3 Å². The zero-order chi connectivity index (χ0) is 11.4. The number of carbonyl (C=O) groups is 1. The van der Waals surface area contributed by atoms with Gasteiger partial charge in [-0.15, -0.1) is 0 Å². The first-order valence-electron chi connectivity index (χ1n) is 5.90. The van der Waals surface area contributed by atoms with Crippen molar-refractivity contribution < 1.29 is 4.79 Å². The number of rotatable bonds is 5. The molecule has 0 unspecified atom stereocenters. The van der Waals surface area contributed by atoms with Gasteiger partial charge in [-0.1, -0.05) is 12.1 Å². The van der Waals surface area contributed by atoms with Gasteiger partial charge < -0.3 is 10.6 Å². The van der Waals surface area contributed by atoms with Crippen molar-refractivity contribution in [3.8, 4) is 0 Å². The normalized spacial score (nSPS) is 14.6. The highest BCUT2D eigenvalue weighted by Gasteiger charge is 2.22. The Hall–Kier alpha value is -1.51. The fourth-order valence-corrected chi connectivity index (χ4v) is 1.64. The third-order valence-corrected chi connectivity index (χ3v) is 2.64. The smallest absolute Gasteiger partial charge is 0.224 e. The molecule has 0 bridgehead atoms. The van der Waals surface area contributed by atoms with Gasteiger partial charge in [0, 0.05) is 18.3 Å². The second-order valence-electron chi connectivity index (χ2n) is 4.25. The lowest BCUT2D eigenvalue weighted by molar-refractivity contribution is -0.120. The Bertz CT molecular complexity index is 355. The summed E-state index contributed by atoms with van der Waals surface area (Å²) in [4.78, 5) is 11.5. The summed E-state index contributed by atoms with van der Waals surface area (Å²) in [6.45, 7) is 2.98. The molecule has 2 N–H and O–H groups in total. The van der Waals surface area contributed by atoms with E-state index in [-0.39, 0.29) is 5.91 Å². The van der Waals surface area contributed by atoms with E-state index in [1.807, 2.05) is 24.3 Å². The Kier molecular flexibility index (Phi) is 3.44.